The number of rotatable bonds is 0. The number of nitrogens with two attached hydrogens (primary N) is 1. The second kappa shape index (κ2) is 3.19. The summed E-state index contributed by atoms with van der Waals surface area (Å²) >= 11 is 1.48. The summed E-state index contributed by atoms with van der Waals surface area (Å²) in [4.78, 5) is 7.73. The molecule has 0 amide bonds. The van der Waals surface area contributed by atoms with Crippen molar-refractivity contribution in [2.24, 2.45) is 0 Å². The van der Waals surface area contributed by atoms with Gasteiger partial charge in [-0.1, -0.05) is 29.5 Å². The van der Waals surface area contributed by atoms with Gasteiger partial charge in [-0.3, -0.25) is 0 Å². The van der Waals surface area contributed by atoms with Crippen LogP contribution in [0.15, 0.2) is 30.3 Å². The van der Waals surface area contributed by atoms with Crippen LogP contribution < -0.4 is 5.73 Å². The summed E-state index contributed by atoms with van der Waals surface area (Å²) in [5.74, 6) is 0. The van der Waals surface area contributed by atoms with E-state index in [0.717, 1.165) is 21.0 Å². The van der Waals surface area contributed by atoms with E-state index in [1.807, 2.05) is 30.3 Å². The molecule has 0 unspecified atom stereocenters. The van der Waals surface area contributed by atoms with Gasteiger partial charge in [0.05, 0.1) is 16.8 Å². The molecule has 3 rings (SSSR count). The first-order valence-corrected chi connectivity index (χ1v) is 5.56. The molecule has 0 spiro atoms. The Hall–Kier alpha value is -2.12. The number of anilines is 1. The highest BCUT2D eigenvalue weighted by Crippen LogP contribution is 2.32. The van der Waals surface area contributed by atoms with Crippen LogP contribution in [-0.2, 0) is 0 Å². The third-order valence-electron chi connectivity index (χ3n) is 2.50. The lowest BCUT2D eigenvalue weighted by atomic mass is 10.1. The van der Waals surface area contributed by atoms with Crippen molar-refractivity contribution >= 4 is 43.1 Å². The molecule has 1 heterocycles. The molecule has 0 saturated heterocycles. The van der Waals surface area contributed by atoms with E-state index in [4.69, 9.17) is 12.3 Å². The van der Waals surface area contributed by atoms with Crippen LogP contribution in [0.25, 0.3) is 25.8 Å². The van der Waals surface area contributed by atoms with Gasteiger partial charge in [-0.15, -0.1) is 0 Å². The maximum Gasteiger partial charge on any atom is 0.187 e. The van der Waals surface area contributed by atoms with E-state index >= 15 is 0 Å². The number of nitrogens with zero attached hydrogens (tertiary/aromatic N) is 2. The minimum absolute atomic E-state index is 0.580. The molecule has 1 aromatic heterocycles. The number of aromatic nitrogens is 1. The first kappa shape index (κ1) is 9.13. The van der Waals surface area contributed by atoms with Crippen LogP contribution in [0, 0.1) is 6.57 Å². The molecule has 0 radical (unpaired) electrons. The quantitative estimate of drug-likeness (QED) is 0.594. The Morgan fingerprint density at radius 2 is 2.12 bits per heavy atom. The van der Waals surface area contributed by atoms with Gasteiger partial charge >= 0.3 is 0 Å². The Morgan fingerprint density at radius 1 is 1.25 bits per heavy atom. The predicted octanol–water partition coefficient (Wildman–Crippen LogP) is 3.58. The molecular formula is C12H7N3S. The van der Waals surface area contributed by atoms with Gasteiger partial charge in [0.1, 0.15) is 0 Å². The van der Waals surface area contributed by atoms with E-state index in [1.165, 1.54) is 11.3 Å². The highest BCUT2D eigenvalue weighted by molar-refractivity contribution is 7.22. The van der Waals surface area contributed by atoms with Crippen molar-refractivity contribution in [2.75, 3.05) is 5.73 Å². The maximum absolute atomic E-state index is 6.98. The van der Waals surface area contributed by atoms with Crippen molar-refractivity contribution in [3.63, 3.8) is 0 Å². The fourth-order valence-electron chi connectivity index (χ4n) is 1.79. The normalized spacial score (nSPS) is 10.7. The number of benzene rings is 2. The van der Waals surface area contributed by atoms with Gasteiger partial charge in [-0.2, -0.15) is 0 Å². The molecule has 0 aliphatic rings. The molecule has 3 nitrogen and oxygen atoms in total. The van der Waals surface area contributed by atoms with Crippen LogP contribution in [0.5, 0.6) is 0 Å². The van der Waals surface area contributed by atoms with Crippen molar-refractivity contribution in [3.05, 3.63) is 41.7 Å². The van der Waals surface area contributed by atoms with Gasteiger partial charge in [0.25, 0.3) is 0 Å². The van der Waals surface area contributed by atoms with Crippen molar-refractivity contribution in [1.29, 1.82) is 0 Å². The molecule has 3 aromatic rings. The van der Waals surface area contributed by atoms with Crippen LogP contribution in [0.3, 0.4) is 0 Å². The van der Waals surface area contributed by atoms with Crippen molar-refractivity contribution in [3.8, 4) is 0 Å². The summed E-state index contributed by atoms with van der Waals surface area (Å²) < 4.78 is 1.08. The van der Waals surface area contributed by atoms with E-state index in [9.17, 15) is 0 Å². The van der Waals surface area contributed by atoms with Crippen LogP contribution in [0.2, 0.25) is 0 Å². The number of fused-ring (bicyclic) bond motifs is 3. The van der Waals surface area contributed by atoms with Gasteiger partial charge in [0.2, 0.25) is 0 Å². The van der Waals surface area contributed by atoms with Crippen molar-refractivity contribution in [2.45, 2.75) is 0 Å². The van der Waals surface area contributed by atoms with Gasteiger partial charge in [0, 0.05) is 5.39 Å². The Bertz CT molecular complexity index is 737. The summed E-state index contributed by atoms with van der Waals surface area (Å²) in [6.07, 6.45) is 0. The first-order chi connectivity index (χ1) is 7.78. The summed E-state index contributed by atoms with van der Waals surface area (Å²) in [5, 5.41) is 2.67. The summed E-state index contributed by atoms with van der Waals surface area (Å²) in [6.45, 7) is 6.98. The van der Waals surface area contributed by atoms with E-state index < -0.39 is 0 Å². The minimum atomic E-state index is 0.580. The molecule has 4 heteroatoms. The van der Waals surface area contributed by atoms with Gasteiger partial charge in [-0.25, -0.2) is 9.83 Å². The zero-order valence-electron chi connectivity index (χ0n) is 8.27. The molecule has 0 aliphatic carbocycles. The molecule has 76 valence electrons. The third-order valence-corrected chi connectivity index (χ3v) is 3.35. The van der Waals surface area contributed by atoms with E-state index in [0.29, 0.717) is 10.8 Å². The topological polar surface area (TPSA) is 43.3 Å². The molecular weight excluding hydrogens is 218 g/mol. The summed E-state index contributed by atoms with van der Waals surface area (Å²) in [7, 11) is 0. The second-order valence-corrected chi connectivity index (χ2v) is 4.54. The number of hydrogen-bond donors (Lipinski definition) is 1. The molecule has 2 N–H and O–H groups in total. The average Bonchev–Trinajstić information content (AvgIpc) is 2.69. The van der Waals surface area contributed by atoms with Gasteiger partial charge in [-0.05, 0) is 17.5 Å². The lowest BCUT2D eigenvalue weighted by molar-refractivity contribution is 1.51. The van der Waals surface area contributed by atoms with E-state index in [-0.39, 0.29) is 0 Å². The Kier molecular flexibility index (Phi) is 1.82. The summed E-state index contributed by atoms with van der Waals surface area (Å²) in [5.41, 5.74) is 7.27. The summed E-state index contributed by atoms with van der Waals surface area (Å²) in [6, 6.07) is 9.62. The van der Waals surface area contributed by atoms with E-state index in [1.54, 1.807) is 0 Å². The Morgan fingerprint density at radius 3 is 2.94 bits per heavy atom. The number of hydrogen-bond acceptors (Lipinski definition) is 3. The van der Waals surface area contributed by atoms with Gasteiger partial charge < -0.3 is 5.73 Å². The third kappa shape index (κ3) is 1.23. The molecule has 16 heavy (non-hydrogen) atoms. The lowest BCUT2D eigenvalue weighted by Gasteiger charge is -1.98. The van der Waals surface area contributed by atoms with Crippen LogP contribution in [-0.4, -0.2) is 4.98 Å². The largest absolute Gasteiger partial charge is 0.375 e. The highest BCUT2D eigenvalue weighted by atomic mass is 32.1. The highest BCUT2D eigenvalue weighted by Gasteiger charge is 2.05. The monoisotopic (exact) mass is 225 g/mol. The lowest BCUT2D eigenvalue weighted by Crippen LogP contribution is -1.80. The van der Waals surface area contributed by atoms with Crippen LogP contribution >= 0.6 is 11.3 Å². The van der Waals surface area contributed by atoms with Crippen molar-refractivity contribution < 1.29 is 0 Å². The molecule has 0 atom stereocenters. The predicted molar refractivity (Wildman–Crippen MR) is 67.8 cm³/mol. The maximum atomic E-state index is 6.98. The van der Waals surface area contributed by atoms with Gasteiger partial charge in [0.15, 0.2) is 10.8 Å². The smallest absolute Gasteiger partial charge is 0.187 e. The van der Waals surface area contributed by atoms with Crippen LogP contribution in [0.4, 0.5) is 10.8 Å². The first-order valence-electron chi connectivity index (χ1n) is 4.74. The molecule has 0 saturated carbocycles. The van der Waals surface area contributed by atoms with E-state index in [2.05, 4.69) is 9.83 Å². The molecule has 0 bridgehead atoms. The zero-order chi connectivity index (χ0) is 11.1. The SMILES string of the molecule is [C-]#[N+]c1ccc2c(ccc3sc(N)nc32)c1. The Labute approximate surface area is 96.0 Å². The fraction of sp³-hybridized carbons (Fsp3) is 0. The second-order valence-electron chi connectivity index (χ2n) is 3.48. The number of nitrogen functional groups attached to an aromatic ring is 1. The van der Waals surface area contributed by atoms with Crippen LogP contribution in [0.1, 0.15) is 0 Å². The molecule has 0 fully saturated rings. The minimum Gasteiger partial charge on any atom is -0.375 e. The number of thiazole rings is 1. The average molecular weight is 225 g/mol. The Balaban J connectivity index is 2.48. The standard InChI is InChI=1S/C12H7N3S/c1-14-8-3-4-9-7(6-8)2-5-10-11(9)15-12(13)16-10/h2-6H,(H2,13,15). The van der Waals surface area contributed by atoms with Crippen molar-refractivity contribution in [1.82, 2.24) is 4.98 Å². The zero-order valence-corrected chi connectivity index (χ0v) is 9.08. The molecule has 0 aliphatic heterocycles. The molecule has 2 aromatic carbocycles. The fourth-order valence-corrected chi connectivity index (χ4v) is 2.54.